The van der Waals surface area contributed by atoms with Crippen molar-refractivity contribution in [1.82, 2.24) is 10.6 Å². The lowest BCUT2D eigenvalue weighted by atomic mass is 9.91. The lowest BCUT2D eigenvalue weighted by molar-refractivity contribution is 0.280. The minimum absolute atomic E-state index is 0.302. The summed E-state index contributed by atoms with van der Waals surface area (Å²) in [7, 11) is -1.59. The Morgan fingerprint density at radius 1 is 1.08 bits per heavy atom. The number of hydrogen-bond acceptors (Lipinski definition) is 3. The van der Waals surface area contributed by atoms with Crippen molar-refractivity contribution in [2.75, 3.05) is 26.2 Å². The highest BCUT2D eigenvalue weighted by Crippen LogP contribution is 2.36. The van der Waals surface area contributed by atoms with Crippen LogP contribution in [0.3, 0.4) is 0 Å². The lowest BCUT2D eigenvalue weighted by Crippen LogP contribution is -2.41. The maximum Gasteiger partial charge on any atom is 0.191 e. The van der Waals surface area contributed by atoms with Crippen LogP contribution >= 0.6 is 0 Å². The Hall–Kier alpha value is -0.683. The Morgan fingerprint density at radius 2 is 1.69 bits per heavy atom. The molecule has 1 aromatic carbocycles. The molecular weight excluding hydrogens is 336 g/mol. The summed E-state index contributed by atoms with van der Waals surface area (Å²) in [5, 5.41) is 7.30. The molecule has 0 unspecified atom stereocenters. The SMILES string of the molecule is CC(C)(C)[Si](C)(C)OCCCNCc1ccc(CC2CCNCC2)cc1. The third-order valence-corrected chi connectivity index (χ3v) is 10.6. The molecule has 2 rings (SSSR count). The van der Waals surface area contributed by atoms with Gasteiger partial charge in [-0.3, -0.25) is 0 Å². The van der Waals surface area contributed by atoms with Gasteiger partial charge in [-0.2, -0.15) is 0 Å². The Kier molecular flexibility index (Phi) is 8.33. The molecule has 1 heterocycles. The average molecular weight is 377 g/mol. The molecule has 148 valence electrons. The summed E-state index contributed by atoms with van der Waals surface area (Å²) in [6.07, 6.45) is 4.96. The first-order valence-corrected chi connectivity index (χ1v) is 13.3. The molecule has 0 radical (unpaired) electrons. The van der Waals surface area contributed by atoms with Crippen LogP contribution in [0.25, 0.3) is 0 Å². The van der Waals surface area contributed by atoms with Crippen LogP contribution in [0.1, 0.15) is 51.2 Å². The highest BCUT2D eigenvalue weighted by atomic mass is 28.4. The topological polar surface area (TPSA) is 33.3 Å². The first kappa shape index (κ1) is 21.6. The van der Waals surface area contributed by atoms with Gasteiger partial charge >= 0.3 is 0 Å². The van der Waals surface area contributed by atoms with Gasteiger partial charge in [0.25, 0.3) is 0 Å². The molecule has 26 heavy (non-hydrogen) atoms. The summed E-state index contributed by atoms with van der Waals surface area (Å²) in [5.41, 5.74) is 2.87. The van der Waals surface area contributed by atoms with Crippen molar-refractivity contribution in [2.24, 2.45) is 5.92 Å². The maximum atomic E-state index is 6.23. The zero-order valence-corrected chi connectivity index (χ0v) is 18.7. The maximum absolute atomic E-state index is 6.23. The van der Waals surface area contributed by atoms with E-state index in [4.69, 9.17) is 4.43 Å². The molecule has 0 aliphatic carbocycles. The highest BCUT2D eigenvalue weighted by Gasteiger charge is 2.36. The number of nitrogens with one attached hydrogen (secondary N) is 2. The molecule has 2 N–H and O–H groups in total. The van der Waals surface area contributed by atoms with Crippen molar-refractivity contribution in [3.05, 3.63) is 35.4 Å². The van der Waals surface area contributed by atoms with Gasteiger partial charge in [0.1, 0.15) is 0 Å². The molecule has 4 heteroatoms. The van der Waals surface area contributed by atoms with E-state index in [1.807, 2.05) is 0 Å². The molecule has 3 nitrogen and oxygen atoms in total. The minimum atomic E-state index is -1.59. The van der Waals surface area contributed by atoms with Gasteiger partial charge in [-0.1, -0.05) is 45.0 Å². The van der Waals surface area contributed by atoms with E-state index in [9.17, 15) is 0 Å². The molecule has 0 saturated carbocycles. The van der Waals surface area contributed by atoms with Crippen molar-refractivity contribution < 1.29 is 4.43 Å². The number of hydrogen-bond donors (Lipinski definition) is 2. The number of benzene rings is 1. The summed E-state index contributed by atoms with van der Waals surface area (Å²) in [6, 6.07) is 9.21. The summed E-state index contributed by atoms with van der Waals surface area (Å²) in [6.45, 7) is 16.8. The Bertz CT molecular complexity index is 516. The van der Waals surface area contributed by atoms with Gasteiger partial charge in [-0.25, -0.2) is 0 Å². The van der Waals surface area contributed by atoms with Crippen LogP contribution in [0, 0.1) is 5.92 Å². The molecule has 0 amide bonds. The van der Waals surface area contributed by atoms with E-state index in [0.29, 0.717) is 5.04 Å². The van der Waals surface area contributed by atoms with E-state index in [1.165, 1.54) is 43.5 Å². The molecule has 1 fully saturated rings. The van der Waals surface area contributed by atoms with Gasteiger partial charge < -0.3 is 15.1 Å². The first-order valence-electron chi connectivity index (χ1n) is 10.4. The molecular formula is C22H40N2OSi. The molecule has 0 atom stereocenters. The second-order valence-corrected chi connectivity index (χ2v) is 14.2. The molecule has 0 spiro atoms. The summed E-state index contributed by atoms with van der Waals surface area (Å²) in [4.78, 5) is 0. The van der Waals surface area contributed by atoms with Gasteiger partial charge in [0.05, 0.1) is 0 Å². The van der Waals surface area contributed by atoms with Crippen LogP contribution in [0.4, 0.5) is 0 Å². The molecule has 1 aromatic rings. The quantitative estimate of drug-likeness (QED) is 0.483. The summed E-state index contributed by atoms with van der Waals surface area (Å²) >= 11 is 0. The van der Waals surface area contributed by atoms with Crippen LogP contribution in [0.2, 0.25) is 18.1 Å². The zero-order chi connectivity index (χ0) is 19.0. The predicted octanol–water partition coefficient (Wildman–Crippen LogP) is 4.73. The molecule has 0 bridgehead atoms. The fraction of sp³-hybridized carbons (Fsp3) is 0.727. The van der Waals surface area contributed by atoms with Gasteiger partial charge in [-0.05, 0) is 80.5 Å². The summed E-state index contributed by atoms with van der Waals surface area (Å²) < 4.78 is 6.23. The van der Waals surface area contributed by atoms with Crippen molar-refractivity contribution in [3.8, 4) is 0 Å². The van der Waals surface area contributed by atoms with E-state index in [2.05, 4.69) is 68.8 Å². The second kappa shape index (κ2) is 10.0. The van der Waals surface area contributed by atoms with Crippen LogP contribution in [0.15, 0.2) is 24.3 Å². The fourth-order valence-electron chi connectivity index (χ4n) is 3.19. The fourth-order valence-corrected chi connectivity index (χ4v) is 4.27. The van der Waals surface area contributed by atoms with Gasteiger partial charge in [0.15, 0.2) is 8.32 Å². The highest BCUT2D eigenvalue weighted by molar-refractivity contribution is 6.74. The van der Waals surface area contributed by atoms with Crippen molar-refractivity contribution in [1.29, 1.82) is 0 Å². The Morgan fingerprint density at radius 3 is 2.31 bits per heavy atom. The van der Waals surface area contributed by atoms with Gasteiger partial charge in [0, 0.05) is 13.2 Å². The largest absolute Gasteiger partial charge is 0.417 e. The molecule has 1 aliphatic rings. The van der Waals surface area contributed by atoms with Crippen LogP contribution in [-0.4, -0.2) is 34.6 Å². The monoisotopic (exact) mass is 376 g/mol. The van der Waals surface area contributed by atoms with Crippen molar-refractivity contribution >= 4 is 8.32 Å². The Labute approximate surface area is 162 Å². The summed E-state index contributed by atoms with van der Waals surface area (Å²) in [5.74, 6) is 0.862. The van der Waals surface area contributed by atoms with Crippen LogP contribution in [0.5, 0.6) is 0 Å². The van der Waals surface area contributed by atoms with Crippen LogP contribution in [-0.2, 0) is 17.4 Å². The van der Waals surface area contributed by atoms with Crippen molar-refractivity contribution in [2.45, 2.75) is 71.1 Å². The van der Waals surface area contributed by atoms with E-state index >= 15 is 0 Å². The van der Waals surface area contributed by atoms with E-state index in [1.54, 1.807) is 0 Å². The van der Waals surface area contributed by atoms with Crippen LogP contribution < -0.4 is 10.6 Å². The standard InChI is InChI=1S/C22H40N2OSi/c1-22(2,3)26(4,5)25-16-6-13-24-18-21-9-7-19(8-10-21)17-20-11-14-23-15-12-20/h7-10,20,23-24H,6,11-18H2,1-5H3. The smallest absolute Gasteiger partial charge is 0.191 e. The first-order chi connectivity index (χ1) is 12.3. The van der Waals surface area contributed by atoms with Gasteiger partial charge in [-0.15, -0.1) is 0 Å². The third kappa shape index (κ3) is 7.14. The molecule has 1 saturated heterocycles. The molecule has 1 aliphatic heterocycles. The third-order valence-electron chi connectivity index (χ3n) is 6.10. The molecule has 0 aromatic heterocycles. The van der Waals surface area contributed by atoms with Crippen molar-refractivity contribution in [3.63, 3.8) is 0 Å². The minimum Gasteiger partial charge on any atom is -0.417 e. The lowest BCUT2D eigenvalue weighted by Gasteiger charge is -2.36. The normalized spacial score (nSPS) is 16.8. The zero-order valence-electron chi connectivity index (χ0n) is 17.7. The van der Waals surface area contributed by atoms with E-state index in [0.717, 1.165) is 32.0 Å². The van der Waals surface area contributed by atoms with E-state index in [-0.39, 0.29) is 0 Å². The Balaban J connectivity index is 1.61. The van der Waals surface area contributed by atoms with E-state index < -0.39 is 8.32 Å². The van der Waals surface area contributed by atoms with Gasteiger partial charge in [0.2, 0.25) is 0 Å². The number of rotatable bonds is 9. The average Bonchev–Trinajstić information content (AvgIpc) is 2.59. The second-order valence-electron chi connectivity index (χ2n) is 9.35. The number of piperidine rings is 1. The predicted molar refractivity (Wildman–Crippen MR) is 115 cm³/mol.